The third-order valence-electron chi connectivity index (χ3n) is 3.96. The average molecular weight is 271 g/mol. The topological polar surface area (TPSA) is 46.2 Å². The third kappa shape index (κ3) is 14.1. The Labute approximate surface area is 121 Å². The van der Waals surface area contributed by atoms with E-state index < -0.39 is 0 Å². The first kappa shape index (κ1) is 18.9. The maximum Gasteiger partial charge on any atom is 0.0688 e. The summed E-state index contributed by atoms with van der Waals surface area (Å²) in [5.74, 6) is 0. The molecule has 0 amide bonds. The zero-order valence-electron chi connectivity index (χ0n) is 13.4. The largest absolute Gasteiger partial charge is 0.392 e. The zero-order valence-corrected chi connectivity index (χ0v) is 13.4. The Morgan fingerprint density at radius 1 is 0.737 bits per heavy atom. The predicted molar refractivity (Wildman–Crippen MR) is 85.4 cm³/mol. The molecular weight excluding hydrogens is 234 g/mol. The third-order valence-corrected chi connectivity index (χ3v) is 3.96. The number of aliphatic hydroxyl groups is 1. The molecule has 0 radical (unpaired) electrons. The van der Waals surface area contributed by atoms with Crippen molar-refractivity contribution in [3.63, 3.8) is 0 Å². The van der Waals surface area contributed by atoms with Crippen LogP contribution < -0.4 is 5.73 Å². The van der Waals surface area contributed by atoms with Crippen molar-refractivity contribution in [2.75, 3.05) is 0 Å². The van der Waals surface area contributed by atoms with Gasteiger partial charge in [0.05, 0.1) is 6.10 Å². The van der Waals surface area contributed by atoms with Crippen LogP contribution in [0, 0.1) is 0 Å². The molecule has 19 heavy (non-hydrogen) atoms. The van der Waals surface area contributed by atoms with Gasteiger partial charge in [-0.25, -0.2) is 0 Å². The first-order valence-electron chi connectivity index (χ1n) is 8.62. The molecule has 3 N–H and O–H groups in total. The summed E-state index contributed by atoms with van der Waals surface area (Å²) in [4.78, 5) is 0. The van der Waals surface area contributed by atoms with Crippen molar-refractivity contribution < 1.29 is 5.11 Å². The van der Waals surface area contributed by atoms with Gasteiger partial charge in [-0.15, -0.1) is 0 Å². The molecule has 0 aliphatic carbocycles. The Bertz CT molecular complexity index is 171. The molecule has 0 aliphatic heterocycles. The second kappa shape index (κ2) is 14.3. The van der Waals surface area contributed by atoms with E-state index in [0.29, 0.717) is 0 Å². The van der Waals surface area contributed by atoms with Crippen LogP contribution in [-0.4, -0.2) is 17.3 Å². The second-order valence-electron chi connectivity index (χ2n) is 6.10. The fourth-order valence-corrected chi connectivity index (χ4v) is 2.46. The van der Waals surface area contributed by atoms with Crippen LogP contribution in [0.15, 0.2) is 0 Å². The van der Waals surface area contributed by atoms with Crippen molar-refractivity contribution in [2.45, 2.75) is 109 Å². The van der Waals surface area contributed by atoms with Crippen molar-refractivity contribution >= 4 is 0 Å². The number of nitrogens with two attached hydrogens (primary N) is 1. The molecule has 0 aromatic heterocycles. The lowest BCUT2D eigenvalue weighted by Crippen LogP contribution is -2.31. The fourth-order valence-electron chi connectivity index (χ4n) is 2.46. The monoisotopic (exact) mass is 271 g/mol. The summed E-state index contributed by atoms with van der Waals surface area (Å²) in [6.07, 6.45) is 16.9. The number of unbranched alkanes of at least 4 members (excludes halogenated alkanes) is 11. The number of hydrogen-bond acceptors (Lipinski definition) is 2. The van der Waals surface area contributed by atoms with E-state index in [4.69, 9.17) is 5.73 Å². The second-order valence-corrected chi connectivity index (χ2v) is 6.10. The molecule has 116 valence electrons. The Kier molecular flexibility index (Phi) is 14.3. The smallest absolute Gasteiger partial charge is 0.0688 e. The summed E-state index contributed by atoms with van der Waals surface area (Å²) in [7, 11) is 0. The van der Waals surface area contributed by atoms with Crippen LogP contribution in [0.3, 0.4) is 0 Å². The zero-order chi connectivity index (χ0) is 14.3. The van der Waals surface area contributed by atoms with Crippen molar-refractivity contribution in [3.8, 4) is 0 Å². The van der Waals surface area contributed by atoms with Gasteiger partial charge in [-0.1, -0.05) is 84.0 Å². The van der Waals surface area contributed by atoms with Crippen LogP contribution in [0.5, 0.6) is 0 Å². The average Bonchev–Trinajstić information content (AvgIpc) is 2.39. The molecule has 0 spiro atoms. The van der Waals surface area contributed by atoms with Crippen LogP contribution in [0.25, 0.3) is 0 Å². The maximum atomic E-state index is 9.56. The van der Waals surface area contributed by atoms with E-state index in [1.165, 1.54) is 70.6 Å². The van der Waals surface area contributed by atoms with Gasteiger partial charge >= 0.3 is 0 Å². The van der Waals surface area contributed by atoms with Gasteiger partial charge in [0.15, 0.2) is 0 Å². The number of aliphatic hydroxyl groups excluding tert-OH is 1. The lowest BCUT2D eigenvalue weighted by Gasteiger charge is -2.13. The molecule has 0 unspecified atom stereocenters. The molecule has 0 heterocycles. The molecule has 2 atom stereocenters. The fraction of sp³-hybridized carbons (Fsp3) is 1.00. The van der Waals surface area contributed by atoms with E-state index in [1.54, 1.807) is 0 Å². The first-order chi connectivity index (χ1) is 9.18. The van der Waals surface area contributed by atoms with Gasteiger partial charge < -0.3 is 10.8 Å². The maximum absolute atomic E-state index is 9.56. The minimum atomic E-state index is -0.303. The summed E-state index contributed by atoms with van der Waals surface area (Å²) in [6, 6.07) is -0.0762. The van der Waals surface area contributed by atoms with Crippen LogP contribution >= 0.6 is 0 Å². The molecule has 0 fully saturated rings. The van der Waals surface area contributed by atoms with E-state index in [9.17, 15) is 5.11 Å². The van der Waals surface area contributed by atoms with E-state index >= 15 is 0 Å². The molecule has 0 aliphatic rings. The summed E-state index contributed by atoms with van der Waals surface area (Å²) >= 11 is 0. The SMILES string of the molecule is CCCCCCCCCCCCCC[C@H](O)[C@H](C)N. The van der Waals surface area contributed by atoms with Gasteiger partial charge in [-0.05, 0) is 13.3 Å². The summed E-state index contributed by atoms with van der Waals surface area (Å²) in [5, 5.41) is 9.56. The van der Waals surface area contributed by atoms with Gasteiger partial charge in [0.25, 0.3) is 0 Å². The molecule has 0 saturated heterocycles. The van der Waals surface area contributed by atoms with Crippen molar-refractivity contribution in [3.05, 3.63) is 0 Å². The van der Waals surface area contributed by atoms with E-state index in [-0.39, 0.29) is 12.1 Å². The van der Waals surface area contributed by atoms with Gasteiger partial charge in [0.2, 0.25) is 0 Å². The summed E-state index contributed by atoms with van der Waals surface area (Å²) in [6.45, 7) is 4.15. The highest BCUT2D eigenvalue weighted by Gasteiger charge is 2.07. The van der Waals surface area contributed by atoms with Crippen molar-refractivity contribution in [1.29, 1.82) is 0 Å². The van der Waals surface area contributed by atoms with Crippen LogP contribution in [-0.2, 0) is 0 Å². The Hall–Kier alpha value is -0.0800. The number of hydrogen-bond donors (Lipinski definition) is 2. The van der Waals surface area contributed by atoms with Gasteiger partial charge in [-0.2, -0.15) is 0 Å². The summed E-state index contributed by atoms with van der Waals surface area (Å²) < 4.78 is 0. The Morgan fingerprint density at radius 3 is 1.47 bits per heavy atom. The van der Waals surface area contributed by atoms with Crippen LogP contribution in [0.4, 0.5) is 0 Å². The molecule has 0 aromatic rings. The lowest BCUT2D eigenvalue weighted by atomic mass is 10.0. The molecule has 0 bridgehead atoms. The number of rotatable bonds is 14. The van der Waals surface area contributed by atoms with Crippen LogP contribution in [0.2, 0.25) is 0 Å². The Balaban J connectivity index is 3.03. The van der Waals surface area contributed by atoms with Gasteiger partial charge in [0, 0.05) is 6.04 Å². The standard InChI is InChI=1S/C17H37NO/c1-3-4-5-6-7-8-9-10-11-12-13-14-15-17(19)16(2)18/h16-17,19H,3-15,18H2,1-2H3/t16-,17-/m0/s1. The first-order valence-corrected chi connectivity index (χ1v) is 8.62. The van der Waals surface area contributed by atoms with Crippen molar-refractivity contribution in [1.82, 2.24) is 0 Å². The predicted octanol–water partition coefficient (Wildman–Crippen LogP) is 4.79. The van der Waals surface area contributed by atoms with E-state index in [0.717, 1.165) is 12.8 Å². The molecule has 0 rings (SSSR count). The lowest BCUT2D eigenvalue weighted by molar-refractivity contribution is 0.138. The van der Waals surface area contributed by atoms with Gasteiger partial charge in [0.1, 0.15) is 0 Å². The molecule has 2 nitrogen and oxygen atoms in total. The van der Waals surface area contributed by atoms with Crippen molar-refractivity contribution in [2.24, 2.45) is 5.73 Å². The molecule has 2 heteroatoms. The quantitative estimate of drug-likeness (QED) is 0.446. The van der Waals surface area contributed by atoms with E-state index in [1.807, 2.05) is 6.92 Å². The summed E-state index contributed by atoms with van der Waals surface area (Å²) in [5.41, 5.74) is 5.63. The minimum Gasteiger partial charge on any atom is -0.392 e. The normalized spacial score (nSPS) is 14.5. The highest BCUT2D eigenvalue weighted by molar-refractivity contribution is 4.65. The highest BCUT2D eigenvalue weighted by atomic mass is 16.3. The Morgan fingerprint density at radius 2 is 1.11 bits per heavy atom. The van der Waals surface area contributed by atoms with E-state index in [2.05, 4.69) is 6.92 Å². The van der Waals surface area contributed by atoms with Crippen LogP contribution in [0.1, 0.15) is 97.3 Å². The van der Waals surface area contributed by atoms with Gasteiger partial charge in [-0.3, -0.25) is 0 Å². The highest BCUT2D eigenvalue weighted by Crippen LogP contribution is 2.13. The minimum absolute atomic E-state index is 0.0762. The molecule has 0 aromatic carbocycles. The molecular formula is C17H37NO. The molecule has 0 saturated carbocycles.